The summed E-state index contributed by atoms with van der Waals surface area (Å²) in [4.78, 5) is 32.7. The molecule has 0 aliphatic heterocycles. The van der Waals surface area contributed by atoms with Crippen LogP contribution < -0.4 is 0 Å². The second-order valence-corrected chi connectivity index (χ2v) is 10.6. The van der Waals surface area contributed by atoms with Gasteiger partial charge in [-0.25, -0.2) is 0 Å². The molecule has 0 radical (unpaired) electrons. The third kappa shape index (κ3) is 6.42. The van der Waals surface area contributed by atoms with Crippen LogP contribution in [0.4, 0.5) is 0 Å². The summed E-state index contributed by atoms with van der Waals surface area (Å²) in [5.41, 5.74) is 1.12. The van der Waals surface area contributed by atoms with Crippen LogP contribution in [0, 0.1) is 12.8 Å². The highest BCUT2D eigenvalue weighted by Gasteiger charge is 2.35. The van der Waals surface area contributed by atoms with Gasteiger partial charge >= 0.3 is 0 Å². The van der Waals surface area contributed by atoms with Crippen LogP contribution in [0.25, 0.3) is 0 Å². The lowest BCUT2D eigenvalue weighted by Crippen LogP contribution is -2.43. The van der Waals surface area contributed by atoms with Crippen molar-refractivity contribution in [3.63, 3.8) is 0 Å². The first-order chi connectivity index (χ1) is 15.1. The zero-order valence-corrected chi connectivity index (χ0v) is 19.4. The maximum atomic E-state index is 13.4. The lowest BCUT2D eigenvalue weighted by atomic mass is 10.0. The van der Waals surface area contributed by atoms with E-state index < -0.39 is 0 Å². The fraction of sp³-hybridized carbons (Fsp3) is 0.538. The highest BCUT2D eigenvalue weighted by atomic mass is 32.1. The first-order valence-electron chi connectivity index (χ1n) is 11.7. The molecule has 5 heteroatoms. The van der Waals surface area contributed by atoms with Crippen LogP contribution in [0.1, 0.15) is 66.7 Å². The van der Waals surface area contributed by atoms with E-state index in [9.17, 15) is 9.59 Å². The molecule has 166 valence electrons. The van der Waals surface area contributed by atoms with Gasteiger partial charge in [-0.15, -0.1) is 11.3 Å². The first-order valence-corrected chi connectivity index (χ1v) is 12.6. The number of hydrogen-bond donors (Lipinski definition) is 0. The van der Waals surface area contributed by atoms with E-state index in [1.807, 2.05) is 28.0 Å². The highest BCUT2D eigenvalue weighted by Crippen LogP contribution is 2.31. The molecule has 2 aliphatic rings. The molecule has 0 unspecified atom stereocenters. The van der Waals surface area contributed by atoms with Crippen molar-refractivity contribution in [1.82, 2.24) is 9.80 Å². The fourth-order valence-electron chi connectivity index (χ4n) is 4.62. The van der Waals surface area contributed by atoms with Crippen LogP contribution in [0.15, 0.2) is 42.5 Å². The lowest BCUT2D eigenvalue weighted by Gasteiger charge is -2.28. The Morgan fingerprint density at radius 2 is 1.68 bits per heavy atom. The number of nitrogens with zero attached hydrogens (tertiary/aromatic N) is 2. The molecule has 4 nitrogen and oxygen atoms in total. The van der Waals surface area contributed by atoms with Crippen molar-refractivity contribution in [3.05, 3.63) is 57.8 Å². The van der Waals surface area contributed by atoms with Crippen LogP contribution in [-0.4, -0.2) is 34.2 Å². The van der Waals surface area contributed by atoms with Gasteiger partial charge in [-0.3, -0.25) is 9.59 Å². The Bertz CT molecular complexity index is 869. The molecule has 2 aliphatic carbocycles. The summed E-state index contributed by atoms with van der Waals surface area (Å²) in [6.45, 7) is 3.48. The molecule has 0 N–H and O–H groups in total. The number of rotatable bonds is 10. The molecular formula is C26H34N2O2S. The summed E-state index contributed by atoms with van der Waals surface area (Å²) in [5, 5.41) is 0. The van der Waals surface area contributed by atoms with Gasteiger partial charge in [0.05, 0.1) is 6.54 Å². The van der Waals surface area contributed by atoms with Crippen molar-refractivity contribution in [2.24, 2.45) is 5.92 Å². The third-order valence-corrected chi connectivity index (χ3v) is 7.55. The van der Waals surface area contributed by atoms with E-state index in [4.69, 9.17) is 0 Å². The van der Waals surface area contributed by atoms with Crippen molar-refractivity contribution in [2.75, 3.05) is 6.54 Å². The van der Waals surface area contributed by atoms with Crippen LogP contribution >= 0.6 is 11.3 Å². The number of carbonyl (C=O) groups is 2. The molecule has 1 heterocycles. The molecule has 0 saturated heterocycles. The van der Waals surface area contributed by atoms with Crippen molar-refractivity contribution >= 4 is 23.2 Å². The average Bonchev–Trinajstić information content (AvgIpc) is 3.31. The summed E-state index contributed by atoms with van der Waals surface area (Å²) in [6, 6.07) is 14.6. The zero-order chi connectivity index (χ0) is 21.6. The normalized spacial score (nSPS) is 16.4. The Balaban J connectivity index is 1.41. The molecule has 2 fully saturated rings. The molecule has 1 aromatic heterocycles. The number of benzene rings is 1. The van der Waals surface area contributed by atoms with Crippen LogP contribution in [0.5, 0.6) is 0 Å². The maximum absolute atomic E-state index is 13.4. The highest BCUT2D eigenvalue weighted by molar-refractivity contribution is 7.11. The van der Waals surface area contributed by atoms with Crippen molar-refractivity contribution in [3.8, 4) is 0 Å². The lowest BCUT2D eigenvalue weighted by molar-refractivity contribution is -0.141. The van der Waals surface area contributed by atoms with Gasteiger partial charge in [0.25, 0.3) is 0 Å². The Morgan fingerprint density at radius 3 is 2.32 bits per heavy atom. The number of aryl methyl sites for hydroxylation is 1. The number of hydrogen-bond acceptors (Lipinski definition) is 3. The minimum absolute atomic E-state index is 0.0519. The van der Waals surface area contributed by atoms with Gasteiger partial charge in [0.2, 0.25) is 11.8 Å². The first kappa shape index (κ1) is 22.1. The molecule has 2 saturated carbocycles. The van der Waals surface area contributed by atoms with E-state index in [0.717, 1.165) is 24.8 Å². The predicted molar refractivity (Wildman–Crippen MR) is 126 cm³/mol. The molecule has 1 aromatic carbocycles. The van der Waals surface area contributed by atoms with E-state index in [0.29, 0.717) is 25.4 Å². The smallest absolute Gasteiger partial charge is 0.242 e. The molecular weight excluding hydrogens is 404 g/mol. The van der Waals surface area contributed by atoms with E-state index in [1.54, 1.807) is 11.3 Å². The Labute approximate surface area is 190 Å². The van der Waals surface area contributed by atoms with Gasteiger partial charge in [0.1, 0.15) is 6.54 Å². The summed E-state index contributed by atoms with van der Waals surface area (Å²) < 4.78 is 0. The maximum Gasteiger partial charge on any atom is 0.242 e. The molecule has 0 bridgehead atoms. The quantitative estimate of drug-likeness (QED) is 0.488. The van der Waals surface area contributed by atoms with Gasteiger partial charge in [-0.1, -0.05) is 56.0 Å². The minimum Gasteiger partial charge on any atom is -0.332 e. The number of amides is 2. The summed E-state index contributed by atoms with van der Waals surface area (Å²) in [6.07, 6.45) is 8.79. The average molecular weight is 439 g/mol. The SMILES string of the molecule is Cc1ccc(CN(Cc2ccccc2)C(=O)CN(C(=O)CCC2CCCC2)C2CC2)s1. The van der Waals surface area contributed by atoms with Gasteiger partial charge in [-0.2, -0.15) is 0 Å². The molecule has 2 aromatic rings. The monoisotopic (exact) mass is 438 g/mol. The van der Waals surface area contributed by atoms with Crippen molar-refractivity contribution in [2.45, 2.75) is 77.4 Å². The van der Waals surface area contributed by atoms with Gasteiger partial charge in [0, 0.05) is 28.8 Å². The Morgan fingerprint density at radius 1 is 0.935 bits per heavy atom. The second-order valence-electron chi connectivity index (χ2n) is 9.19. The molecule has 0 spiro atoms. The van der Waals surface area contributed by atoms with E-state index in [1.165, 1.54) is 35.4 Å². The topological polar surface area (TPSA) is 40.6 Å². The van der Waals surface area contributed by atoms with E-state index >= 15 is 0 Å². The summed E-state index contributed by atoms with van der Waals surface area (Å²) in [7, 11) is 0. The van der Waals surface area contributed by atoms with Crippen molar-refractivity contribution < 1.29 is 9.59 Å². The molecule has 0 atom stereocenters. The van der Waals surface area contributed by atoms with E-state index in [2.05, 4.69) is 31.2 Å². The molecule has 4 rings (SSSR count). The minimum atomic E-state index is 0.0519. The van der Waals surface area contributed by atoms with Crippen molar-refractivity contribution in [1.29, 1.82) is 0 Å². The number of carbonyl (C=O) groups excluding carboxylic acids is 2. The summed E-state index contributed by atoms with van der Waals surface area (Å²) >= 11 is 1.74. The third-order valence-electron chi connectivity index (χ3n) is 6.57. The molecule has 2 amide bonds. The molecule has 31 heavy (non-hydrogen) atoms. The Hall–Kier alpha value is -2.14. The van der Waals surface area contributed by atoms with Gasteiger partial charge in [-0.05, 0) is 49.8 Å². The van der Waals surface area contributed by atoms with Crippen LogP contribution in [0.3, 0.4) is 0 Å². The fourth-order valence-corrected chi connectivity index (χ4v) is 5.52. The van der Waals surface area contributed by atoms with Crippen LogP contribution in [0.2, 0.25) is 0 Å². The standard InChI is InChI=1S/C26H34N2O2S/c1-20-11-15-24(31-20)18-27(17-22-9-3-2-4-10-22)26(30)19-28(23-13-14-23)25(29)16-12-21-7-5-6-8-21/h2-4,9-11,15,21,23H,5-8,12-14,16-19H2,1H3. The van der Waals surface area contributed by atoms with Gasteiger partial charge in [0.15, 0.2) is 0 Å². The summed E-state index contributed by atoms with van der Waals surface area (Å²) in [5.74, 6) is 0.933. The van der Waals surface area contributed by atoms with Gasteiger partial charge < -0.3 is 9.80 Å². The largest absolute Gasteiger partial charge is 0.332 e. The second kappa shape index (κ2) is 10.4. The number of thiophene rings is 1. The predicted octanol–water partition coefficient (Wildman–Crippen LogP) is 5.55. The van der Waals surface area contributed by atoms with E-state index in [-0.39, 0.29) is 24.4 Å². The zero-order valence-electron chi connectivity index (χ0n) is 18.6. The Kier molecular flexibility index (Phi) is 7.44. The van der Waals surface area contributed by atoms with Crippen LogP contribution in [-0.2, 0) is 22.7 Å².